The van der Waals surface area contributed by atoms with Gasteiger partial charge in [0.1, 0.15) is 23.7 Å². The van der Waals surface area contributed by atoms with Gasteiger partial charge >= 0.3 is 12.1 Å². The van der Waals surface area contributed by atoms with Crippen LogP contribution in [-0.2, 0) is 23.9 Å². The normalized spacial score (nSPS) is 20.2. The smallest absolute Gasteiger partial charge is 0.410 e. The Labute approximate surface area is 194 Å². The zero-order chi connectivity index (χ0) is 25.7. The van der Waals surface area contributed by atoms with Crippen LogP contribution in [0.15, 0.2) is 5.11 Å². The lowest BCUT2D eigenvalue weighted by atomic mass is 9.85. The summed E-state index contributed by atoms with van der Waals surface area (Å²) in [5.41, 5.74) is 7.30. The highest BCUT2D eigenvalue weighted by molar-refractivity contribution is 5.93. The van der Waals surface area contributed by atoms with Gasteiger partial charge in [-0.25, -0.2) is 9.59 Å². The van der Waals surface area contributed by atoms with Crippen LogP contribution in [0.2, 0.25) is 0 Å². The van der Waals surface area contributed by atoms with Crippen LogP contribution in [0.4, 0.5) is 4.79 Å². The van der Waals surface area contributed by atoms with Gasteiger partial charge in [-0.1, -0.05) is 25.9 Å². The molecule has 12 heteroatoms. The summed E-state index contributed by atoms with van der Waals surface area (Å²) < 4.78 is 10.1. The first-order chi connectivity index (χ1) is 15.0. The second-order valence-corrected chi connectivity index (χ2v) is 10.2. The number of likely N-dealkylation sites (tertiary alicyclic amines) is 1. The first-order valence-electron chi connectivity index (χ1n) is 10.7. The van der Waals surface area contributed by atoms with Crippen molar-refractivity contribution >= 4 is 23.9 Å². The minimum Gasteiger partial charge on any atom is -0.467 e. The van der Waals surface area contributed by atoms with E-state index < -0.39 is 59.1 Å². The number of nitrogens with zero attached hydrogens (tertiary/aromatic N) is 5. The van der Waals surface area contributed by atoms with Crippen LogP contribution in [0.25, 0.3) is 10.4 Å². The fraction of sp³-hybridized carbons (Fsp3) is 0.810. The molecule has 33 heavy (non-hydrogen) atoms. The maximum Gasteiger partial charge on any atom is 0.410 e. The van der Waals surface area contributed by atoms with E-state index in [0.29, 0.717) is 0 Å². The largest absolute Gasteiger partial charge is 0.467 e. The topological polar surface area (TPSA) is 154 Å². The number of rotatable bonds is 6. The monoisotopic (exact) mass is 468 g/mol. The Morgan fingerprint density at radius 2 is 1.76 bits per heavy atom. The molecule has 3 amide bonds. The van der Waals surface area contributed by atoms with Gasteiger partial charge in [-0.05, 0) is 45.1 Å². The molecular formula is C21H36N6O6. The van der Waals surface area contributed by atoms with Crippen molar-refractivity contribution in [1.29, 1.82) is 0 Å². The molecule has 0 aromatic carbocycles. The Kier molecular flexibility index (Phi) is 9.12. The van der Waals surface area contributed by atoms with Gasteiger partial charge in [0.05, 0.1) is 13.2 Å². The summed E-state index contributed by atoms with van der Waals surface area (Å²) in [5.74, 6) is -1.69. The highest BCUT2D eigenvalue weighted by Gasteiger charge is 2.45. The predicted molar refractivity (Wildman–Crippen MR) is 120 cm³/mol. The number of hydrogen-bond acceptors (Lipinski definition) is 7. The third-order valence-electron chi connectivity index (χ3n) is 5.29. The van der Waals surface area contributed by atoms with Gasteiger partial charge in [0, 0.05) is 18.5 Å². The molecule has 12 nitrogen and oxygen atoms in total. The molecule has 1 N–H and O–H groups in total. The number of methoxy groups -OCH3 is 1. The quantitative estimate of drug-likeness (QED) is 0.273. The summed E-state index contributed by atoms with van der Waals surface area (Å²) >= 11 is 0. The third-order valence-corrected chi connectivity index (χ3v) is 5.29. The minimum atomic E-state index is -1.02. The molecule has 0 bridgehead atoms. The molecule has 0 saturated carbocycles. The van der Waals surface area contributed by atoms with E-state index in [2.05, 4.69) is 15.3 Å². The maximum atomic E-state index is 13.5. The van der Waals surface area contributed by atoms with Crippen LogP contribution < -0.4 is 5.32 Å². The number of ether oxygens (including phenoxy) is 2. The Hall–Kier alpha value is -3.01. The van der Waals surface area contributed by atoms with Gasteiger partial charge in [0.15, 0.2) is 0 Å². The van der Waals surface area contributed by atoms with Crippen molar-refractivity contribution in [2.75, 3.05) is 20.7 Å². The first-order valence-corrected chi connectivity index (χ1v) is 10.7. The van der Waals surface area contributed by atoms with Gasteiger partial charge < -0.3 is 19.7 Å². The van der Waals surface area contributed by atoms with Crippen LogP contribution in [0.5, 0.6) is 0 Å². The van der Waals surface area contributed by atoms with Gasteiger partial charge in [-0.2, -0.15) is 0 Å². The number of azide groups is 1. The fourth-order valence-electron chi connectivity index (χ4n) is 3.32. The van der Waals surface area contributed by atoms with Crippen molar-refractivity contribution in [1.82, 2.24) is 15.1 Å². The zero-order valence-corrected chi connectivity index (χ0v) is 20.9. The number of nitrogens with one attached hydrogen (secondary N) is 1. The molecule has 1 fully saturated rings. The van der Waals surface area contributed by atoms with Gasteiger partial charge in [0.25, 0.3) is 0 Å². The lowest BCUT2D eigenvalue weighted by Gasteiger charge is -2.36. The van der Waals surface area contributed by atoms with Crippen molar-refractivity contribution in [3.05, 3.63) is 10.4 Å². The summed E-state index contributed by atoms with van der Waals surface area (Å²) in [7, 11) is 2.65. The first kappa shape index (κ1) is 28.0. The summed E-state index contributed by atoms with van der Waals surface area (Å²) in [6.45, 7) is 12.0. The van der Waals surface area contributed by atoms with Crippen LogP contribution in [-0.4, -0.2) is 84.1 Å². The number of hydrogen-bond donors (Lipinski definition) is 1. The molecule has 0 radical (unpaired) electrons. The van der Waals surface area contributed by atoms with Crippen molar-refractivity contribution in [2.24, 2.45) is 10.5 Å². The van der Waals surface area contributed by atoms with E-state index in [1.54, 1.807) is 41.5 Å². The lowest BCUT2D eigenvalue weighted by Crippen LogP contribution is -2.59. The minimum absolute atomic E-state index is 0.0263. The third kappa shape index (κ3) is 7.52. The van der Waals surface area contributed by atoms with Crippen molar-refractivity contribution in [3.8, 4) is 0 Å². The number of carbonyl (C=O) groups is 4. The fourth-order valence-corrected chi connectivity index (χ4v) is 3.32. The Morgan fingerprint density at radius 1 is 1.18 bits per heavy atom. The highest BCUT2D eigenvalue weighted by atomic mass is 16.6. The molecule has 1 saturated heterocycles. The van der Waals surface area contributed by atoms with Crippen LogP contribution in [0.1, 0.15) is 54.9 Å². The van der Waals surface area contributed by atoms with E-state index in [1.165, 1.54) is 26.0 Å². The molecule has 186 valence electrons. The van der Waals surface area contributed by atoms with Crippen molar-refractivity contribution in [3.63, 3.8) is 0 Å². The molecule has 1 rings (SSSR count). The Balaban J connectivity index is 3.11. The number of likely N-dealkylation sites (N-methyl/N-ethyl adjacent to an activating group) is 1. The van der Waals surface area contributed by atoms with Crippen LogP contribution >= 0.6 is 0 Å². The van der Waals surface area contributed by atoms with Crippen molar-refractivity contribution in [2.45, 2.75) is 84.7 Å². The van der Waals surface area contributed by atoms with Gasteiger partial charge in [-0.15, -0.1) is 0 Å². The number of amides is 3. The molecule has 0 aromatic rings. The summed E-state index contributed by atoms with van der Waals surface area (Å²) in [6.07, 6.45) is -0.545. The molecular weight excluding hydrogens is 432 g/mol. The molecule has 2 unspecified atom stereocenters. The zero-order valence-electron chi connectivity index (χ0n) is 20.9. The lowest BCUT2D eigenvalue weighted by molar-refractivity contribution is -0.153. The second kappa shape index (κ2) is 10.7. The summed E-state index contributed by atoms with van der Waals surface area (Å²) in [4.78, 5) is 56.3. The summed E-state index contributed by atoms with van der Waals surface area (Å²) in [5, 5.41) is 6.36. The Bertz CT molecular complexity index is 811. The second-order valence-electron chi connectivity index (χ2n) is 10.2. The van der Waals surface area contributed by atoms with Crippen LogP contribution in [0, 0.1) is 5.41 Å². The SMILES string of the molecule is COC(=O)[C@@H]1C[C@H](N=[N+]=[N-])CN1C(=O)C(NC(=O)C(C)N(C)C(=O)OC(C)(C)C)C(C)(C)C. The van der Waals surface area contributed by atoms with E-state index in [0.717, 1.165) is 4.90 Å². The molecule has 4 atom stereocenters. The molecule has 0 aromatic heterocycles. The molecule has 0 aliphatic carbocycles. The molecule has 1 heterocycles. The predicted octanol–water partition coefficient (Wildman–Crippen LogP) is 2.23. The van der Waals surface area contributed by atoms with Gasteiger partial charge in [-0.3, -0.25) is 14.5 Å². The molecule has 1 aliphatic heterocycles. The van der Waals surface area contributed by atoms with E-state index in [-0.39, 0.29) is 13.0 Å². The van der Waals surface area contributed by atoms with Crippen molar-refractivity contribution < 1.29 is 28.7 Å². The Morgan fingerprint density at radius 3 is 2.21 bits per heavy atom. The average Bonchev–Trinajstić information content (AvgIpc) is 3.11. The van der Waals surface area contributed by atoms with E-state index >= 15 is 0 Å². The molecule has 0 spiro atoms. The van der Waals surface area contributed by atoms with Crippen LogP contribution in [0.3, 0.4) is 0 Å². The average molecular weight is 469 g/mol. The van der Waals surface area contributed by atoms with E-state index in [9.17, 15) is 19.2 Å². The standard InChI is InChI=1S/C21H36N6O6/c1-12(26(8)19(31)33-21(5,6)7)16(28)23-15(20(2,3)4)17(29)27-11-13(24-25-22)10-14(27)18(30)32-9/h12-15H,10-11H2,1-9H3,(H,23,28)/t12?,13-,14-,15?/m0/s1. The van der Waals surface area contributed by atoms with E-state index in [1.807, 2.05) is 0 Å². The van der Waals surface area contributed by atoms with Gasteiger partial charge in [0.2, 0.25) is 11.8 Å². The maximum absolute atomic E-state index is 13.5. The molecule has 1 aliphatic rings. The van der Waals surface area contributed by atoms with E-state index in [4.69, 9.17) is 15.0 Å². The number of carbonyl (C=O) groups excluding carboxylic acids is 4. The summed E-state index contributed by atoms with van der Waals surface area (Å²) in [6, 6.07) is -3.46. The highest BCUT2D eigenvalue weighted by Crippen LogP contribution is 2.28. The number of esters is 1.